The maximum atomic E-state index is 14.0. The van der Waals surface area contributed by atoms with E-state index in [1.54, 1.807) is 29.3 Å². The maximum absolute atomic E-state index is 14.0. The van der Waals surface area contributed by atoms with E-state index in [4.69, 9.17) is 26.4 Å². The van der Waals surface area contributed by atoms with Crippen molar-refractivity contribution in [2.24, 2.45) is 4.99 Å². The highest BCUT2D eigenvalue weighted by molar-refractivity contribution is 7.11. The van der Waals surface area contributed by atoms with E-state index in [9.17, 15) is 18.8 Å². The van der Waals surface area contributed by atoms with E-state index >= 15 is 0 Å². The number of anilines is 1. The van der Waals surface area contributed by atoms with Gasteiger partial charge in [0.25, 0.3) is 0 Å². The average molecular weight is 665 g/mol. The predicted molar refractivity (Wildman–Crippen MR) is 172 cm³/mol. The third-order valence-corrected chi connectivity index (χ3v) is 9.27. The number of benzene rings is 2. The van der Waals surface area contributed by atoms with Crippen LogP contribution in [0.4, 0.5) is 14.9 Å². The van der Waals surface area contributed by atoms with Crippen molar-refractivity contribution in [2.45, 2.75) is 19.0 Å². The van der Waals surface area contributed by atoms with Crippen molar-refractivity contribution >= 4 is 58.5 Å². The van der Waals surface area contributed by atoms with Gasteiger partial charge in [0.15, 0.2) is 10.8 Å². The third-order valence-electron chi connectivity index (χ3n) is 8.17. The van der Waals surface area contributed by atoms with Crippen molar-refractivity contribution in [3.05, 3.63) is 97.9 Å². The Morgan fingerprint density at radius 3 is 2.65 bits per heavy atom. The van der Waals surface area contributed by atoms with E-state index < -0.39 is 23.8 Å². The van der Waals surface area contributed by atoms with E-state index in [0.29, 0.717) is 54.8 Å². The first-order chi connectivity index (χ1) is 22.1. The summed E-state index contributed by atoms with van der Waals surface area (Å²) in [4.78, 5) is 52.8. The molecule has 0 spiro atoms. The summed E-state index contributed by atoms with van der Waals surface area (Å²) in [5, 5.41) is 15.0. The summed E-state index contributed by atoms with van der Waals surface area (Å²) in [6, 6.07) is 10.1. The SMILES string of the molecule is COC(=O)C1=C(CN2CCN3C(=O)N(c4ccc(/C=C(\C)C(=O)O)cc4)CC3C2)NC(c2nccs2)=NC1c1ccc(F)cc1Cl. The van der Waals surface area contributed by atoms with E-state index in [1.165, 1.54) is 43.6 Å². The number of ether oxygens (including phenoxy) is 1. The Hall–Kier alpha value is -4.59. The molecular formula is C32H30ClFN6O5S. The molecule has 3 aliphatic heterocycles. The van der Waals surface area contributed by atoms with Crippen molar-refractivity contribution in [1.82, 2.24) is 20.1 Å². The van der Waals surface area contributed by atoms with E-state index in [1.807, 2.05) is 22.4 Å². The summed E-state index contributed by atoms with van der Waals surface area (Å²) in [6.07, 6.45) is 3.24. The number of amidine groups is 1. The summed E-state index contributed by atoms with van der Waals surface area (Å²) in [5.74, 6) is -1.62. The molecule has 2 fully saturated rings. The minimum atomic E-state index is -0.986. The molecule has 11 nitrogen and oxygen atoms in total. The molecule has 6 rings (SSSR count). The number of urea groups is 1. The molecule has 14 heteroatoms. The number of aromatic nitrogens is 1. The van der Waals surface area contributed by atoms with Crippen molar-refractivity contribution < 1.29 is 28.6 Å². The topological polar surface area (TPSA) is 128 Å². The highest BCUT2D eigenvalue weighted by Crippen LogP contribution is 2.37. The van der Waals surface area contributed by atoms with Gasteiger partial charge in [0.1, 0.15) is 11.9 Å². The van der Waals surface area contributed by atoms with Crippen LogP contribution in [0.3, 0.4) is 0 Å². The molecule has 0 saturated carbocycles. The number of fused-ring (bicyclic) bond motifs is 1. The minimum Gasteiger partial charge on any atom is -0.478 e. The second-order valence-corrected chi connectivity index (χ2v) is 12.4. The fourth-order valence-electron chi connectivity index (χ4n) is 5.89. The first kappa shape index (κ1) is 31.4. The zero-order chi connectivity index (χ0) is 32.5. The number of halogens is 2. The zero-order valence-corrected chi connectivity index (χ0v) is 26.5. The number of carbonyl (C=O) groups excluding carboxylic acids is 2. The number of carbonyl (C=O) groups is 3. The molecule has 0 aliphatic carbocycles. The molecular weight excluding hydrogens is 635 g/mol. The van der Waals surface area contributed by atoms with Gasteiger partial charge in [0, 0.05) is 71.8 Å². The van der Waals surface area contributed by atoms with Gasteiger partial charge in [-0.25, -0.2) is 23.8 Å². The second-order valence-electron chi connectivity index (χ2n) is 11.1. The molecule has 2 N–H and O–H groups in total. The molecule has 3 aliphatic rings. The van der Waals surface area contributed by atoms with Gasteiger partial charge in [-0.2, -0.15) is 0 Å². The Morgan fingerprint density at radius 1 is 1.20 bits per heavy atom. The first-order valence-corrected chi connectivity index (χ1v) is 15.7. The Labute approximate surface area is 273 Å². The molecule has 1 aromatic heterocycles. The number of hydrogen-bond donors (Lipinski definition) is 2. The van der Waals surface area contributed by atoms with Gasteiger partial charge in [-0.1, -0.05) is 29.8 Å². The number of nitrogens with zero attached hydrogens (tertiary/aromatic N) is 5. The molecule has 0 bridgehead atoms. The molecule has 2 atom stereocenters. The molecule has 46 heavy (non-hydrogen) atoms. The Balaban J connectivity index is 1.25. The molecule has 4 heterocycles. The summed E-state index contributed by atoms with van der Waals surface area (Å²) in [5.41, 5.74) is 2.96. The monoisotopic (exact) mass is 664 g/mol. The fraction of sp³-hybridized carbons (Fsp3) is 0.281. The molecule has 2 aromatic carbocycles. The van der Waals surface area contributed by atoms with Crippen LogP contribution in [0, 0.1) is 5.82 Å². The molecule has 0 radical (unpaired) electrons. The summed E-state index contributed by atoms with van der Waals surface area (Å²) in [7, 11) is 1.30. The van der Waals surface area contributed by atoms with Crippen LogP contribution in [0.1, 0.15) is 29.1 Å². The number of methoxy groups -OCH3 is 1. The van der Waals surface area contributed by atoms with Crippen LogP contribution in [0.25, 0.3) is 6.08 Å². The summed E-state index contributed by atoms with van der Waals surface area (Å²) >= 11 is 7.86. The lowest BCUT2D eigenvalue weighted by molar-refractivity contribution is -0.136. The molecule has 2 amide bonds. The minimum absolute atomic E-state index is 0.0934. The fourth-order valence-corrected chi connectivity index (χ4v) is 6.74. The third kappa shape index (κ3) is 6.26. The van der Waals surface area contributed by atoms with Crippen molar-refractivity contribution in [3.8, 4) is 0 Å². The largest absolute Gasteiger partial charge is 0.478 e. The Kier molecular flexibility index (Phi) is 8.89. The summed E-state index contributed by atoms with van der Waals surface area (Å²) in [6.45, 7) is 3.91. The highest BCUT2D eigenvalue weighted by atomic mass is 35.5. The van der Waals surface area contributed by atoms with Gasteiger partial charge >= 0.3 is 18.0 Å². The van der Waals surface area contributed by atoms with Gasteiger partial charge in [0.2, 0.25) is 0 Å². The number of piperazine rings is 1. The number of thiazole rings is 1. The van der Waals surface area contributed by atoms with Crippen LogP contribution in [0.5, 0.6) is 0 Å². The number of amides is 2. The molecule has 2 unspecified atom stereocenters. The van der Waals surface area contributed by atoms with Crippen LogP contribution in [0.15, 0.2) is 75.9 Å². The predicted octanol–water partition coefficient (Wildman–Crippen LogP) is 4.57. The van der Waals surface area contributed by atoms with Gasteiger partial charge in [0.05, 0.1) is 18.7 Å². The first-order valence-electron chi connectivity index (χ1n) is 14.5. The maximum Gasteiger partial charge on any atom is 0.338 e. The number of aliphatic imine (C=N–C) groups is 1. The Bertz CT molecular complexity index is 1780. The normalized spacial score (nSPS) is 20.4. The molecule has 2 saturated heterocycles. The number of nitrogens with one attached hydrogen (secondary N) is 1. The van der Waals surface area contributed by atoms with E-state index in [0.717, 1.165) is 11.3 Å². The lowest BCUT2D eigenvalue weighted by atomic mass is 9.95. The number of rotatable bonds is 8. The number of carboxylic acid groups (broad SMARTS) is 1. The van der Waals surface area contributed by atoms with E-state index in [2.05, 4.69) is 15.2 Å². The lowest BCUT2D eigenvalue weighted by Gasteiger charge is -2.38. The van der Waals surface area contributed by atoms with Gasteiger partial charge in [-0.15, -0.1) is 11.3 Å². The lowest BCUT2D eigenvalue weighted by Crippen LogP contribution is -2.53. The van der Waals surface area contributed by atoms with Crippen LogP contribution < -0.4 is 10.2 Å². The number of hydrogen-bond acceptors (Lipinski definition) is 9. The van der Waals surface area contributed by atoms with Crippen molar-refractivity contribution in [3.63, 3.8) is 0 Å². The van der Waals surface area contributed by atoms with Crippen LogP contribution in [-0.2, 0) is 14.3 Å². The van der Waals surface area contributed by atoms with E-state index in [-0.39, 0.29) is 28.2 Å². The number of carboxylic acids is 1. The van der Waals surface area contributed by atoms with Crippen LogP contribution in [-0.4, -0.2) is 89.6 Å². The highest BCUT2D eigenvalue weighted by Gasteiger charge is 2.42. The molecule has 238 valence electrons. The van der Waals surface area contributed by atoms with Crippen LogP contribution >= 0.6 is 22.9 Å². The number of aliphatic carboxylic acids is 1. The zero-order valence-electron chi connectivity index (χ0n) is 24.9. The second kappa shape index (κ2) is 13.0. The standard InChI is InChI=1S/C32H30ClFN6O5S/c1-18(30(41)42)13-19-3-6-21(7-4-19)40-16-22-15-38(10-11-39(22)32(40)44)17-25-26(31(43)45-2)27(23-8-5-20(34)14-24(23)33)37-28(36-25)29-35-9-12-46-29/h3-9,12-14,22,27H,10-11,15-17H2,1-2H3,(H,36,37)(H,41,42)/b18-13+. The smallest absolute Gasteiger partial charge is 0.338 e. The van der Waals surface area contributed by atoms with Gasteiger partial charge in [-0.3, -0.25) is 14.8 Å². The van der Waals surface area contributed by atoms with Crippen molar-refractivity contribution in [2.75, 3.05) is 44.7 Å². The van der Waals surface area contributed by atoms with Crippen LogP contribution in [0.2, 0.25) is 5.02 Å². The Morgan fingerprint density at radius 2 is 1.98 bits per heavy atom. The molecule has 3 aromatic rings. The average Bonchev–Trinajstić information content (AvgIpc) is 3.69. The van der Waals surface area contributed by atoms with Gasteiger partial charge in [-0.05, 0) is 42.8 Å². The van der Waals surface area contributed by atoms with Gasteiger partial charge < -0.3 is 20.1 Å². The van der Waals surface area contributed by atoms with Crippen molar-refractivity contribution in [1.29, 1.82) is 0 Å². The number of esters is 1. The quantitative estimate of drug-likeness (QED) is 0.265. The summed E-state index contributed by atoms with van der Waals surface area (Å²) < 4.78 is 19.2.